The Morgan fingerprint density at radius 2 is 1.89 bits per heavy atom. The summed E-state index contributed by atoms with van der Waals surface area (Å²) >= 11 is 0. The number of rotatable bonds is 8. The highest BCUT2D eigenvalue weighted by molar-refractivity contribution is 5.83. The quantitative estimate of drug-likeness (QED) is 0.617. The molecule has 0 aromatic carbocycles. The first-order chi connectivity index (χ1) is 8.26. The normalized spacial score (nSPS) is 13.1. The van der Waals surface area contributed by atoms with E-state index in [4.69, 9.17) is 5.11 Å². The number of carbonyl (C=O) groups is 2. The fraction of sp³-hybridized carbons (Fsp3) is 0.846. The lowest BCUT2D eigenvalue weighted by Crippen LogP contribution is -2.43. The molecule has 0 saturated carbocycles. The molecule has 0 unspecified atom stereocenters. The van der Waals surface area contributed by atoms with E-state index in [9.17, 15) is 9.59 Å². The molecule has 1 atom stereocenters. The van der Waals surface area contributed by atoms with Crippen LogP contribution in [0, 0.1) is 0 Å². The maximum absolute atomic E-state index is 11.6. The summed E-state index contributed by atoms with van der Waals surface area (Å²) in [7, 11) is 0. The first-order valence-electron chi connectivity index (χ1n) is 6.53. The van der Waals surface area contributed by atoms with Crippen molar-refractivity contribution in [3.8, 4) is 0 Å². The number of hydrogen-bond acceptors (Lipinski definition) is 3. The molecule has 0 aliphatic rings. The Hall–Kier alpha value is -1.10. The smallest absolute Gasteiger partial charge is 0.326 e. The molecule has 1 amide bonds. The molecule has 0 radical (unpaired) electrons. The van der Waals surface area contributed by atoms with Gasteiger partial charge in [0.25, 0.3) is 0 Å². The summed E-state index contributed by atoms with van der Waals surface area (Å²) in [6.07, 6.45) is 2.51. The van der Waals surface area contributed by atoms with Crippen LogP contribution in [0.5, 0.6) is 0 Å². The summed E-state index contributed by atoms with van der Waals surface area (Å²) in [5, 5.41) is 14.7. The van der Waals surface area contributed by atoms with Crippen LogP contribution in [-0.2, 0) is 9.59 Å². The fourth-order valence-electron chi connectivity index (χ4n) is 1.48. The van der Waals surface area contributed by atoms with E-state index in [1.807, 2.05) is 27.7 Å². The third-order valence-corrected chi connectivity index (χ3v) is 2.49. The van der Waals surface area contributed by atoms with Crippen molar-refractivity contribution in [1.29, 1.82) is 0 Å². The van der Waals surface area contributed by atoms with Crippen LogP contribution in [0.3, 0.4) is 0 Å². The molecular formula is C13H26N2O3. The molecule has 0 heterocycles. The molecule has 0 rings (SSSR count). The fourth-order valence-corrected chi connectivity index (χ4v) is 1.48. The zero-order valence-electron chi connectivity index (χ0n) is 11.9. The predicted octanol–water partition coefficient (Wildman–Crippen LogP) is 1.52. The highest BCUT2D eigenvalue weighted by Gasteiger charge is 2.19. The van der Waals surface area contributed by atoms with Crippen LogP contribution < -0.4 is 10.6 Å². The lowest BCUT2D eigenvalue weighted by Gasteiger charge is -2.20. The van der Waals surface area contributed by atoms with Gasteiger partial charge in [-0.05, 0) is 27.2 Å². The van der Waals surface area contributed by atoms with Gasteiger partial charge >= 0.3 is 5.97 Å². The average molecular weight is 258 g/mol. The van der Waals surface area contributed by atoms with Gasteiger partial charge in [0, 0.05) is 18.5 Å². The second kappa shape index (κ2) is 8.08. The molecule has 0 aliphatic carbocycles. The van der Waals surface area contributed by atoms with Gasteiger partial charge in [-0.15, -0.1) is 0 Å². The van der Waals surface area contributed by atoms with Gasteiger partial charge in [-0.1, -0.05) is 19.8 Å². The third-order valence-electron chi connectivity index (χ3n) is 2.49. The van der Waals surface area contributed by atoms with Crippen molar-refractivity contribution in [2.45, 2.75) is 65.0 Å². The molecule has 5 nitrogen and oxygen atoms in total. The van der Waals surface area contributed by atoms with E-state index < -0.39 is 12.0 Å². The Morgan fingerprint density at radius 1 is 1.28 bits per heavy atom. The number of carbonyl (C=O) groups excluding carboxylic acids is 1. The van der Waals surface area contributed by atoms with Crippen molar-refractivity contribution in [3.63, 3.8) is 0 Å². The van der Waals surface area contributed by atoms with Gasteiger partial charge in [-0.2, -0.15) is 0 Å². The van der Waals surface area contributed by atoms with Gasteiger partial charge in [-0.3, -0.25) is 4.79 Å². The molecule has 5 heteroatoms. The molecule has 0 aliphatic heterocycles. The van der Waals surface area contributed by atoms with Crippen molar-refractivity contribution in [3.05, 3.63) is 0 Å². The monoisotopic (exact) mass is 258 g/mol. The second-order valence-corrected chi connectivity index (χ2v) is 5.53. The van der Waals surface area contributed by atoms with E-state index >= 15 is 0 Å². The zero-order chi connectivity index (χ0) is 14.2. The van der Waals surface area contributed by atoms with E-state index in [1.54, 1.807) is 0 Å². The molecule has 106 valence electrons. The minimum atomic E-state index is -0.958. The first kappa shape index (κ1) is 16.9. The molecule has 0 bridgehead atoms. The number of carboxylic acids is 1. The van der Waals surface area contributed by atoms with Crippen molar-refractivity contribution in [2.75, 3.05) is 6.54 Å². The van der Waals surface area contributed by atoms with Crippen LogP contribution in [0.4, 0.5) is 0 Å². The first-order valence-corrected chi connectivity index (χ1v) is 6.53. The summed E-state index contributed by atoms with van der Waals surface area (Å²) < 4.78 is 0. The SMILES string of the molecule is CCCC[C@H](NC(=O)CCNC(C)(C)C)C(=O)O. The van der Waals surface area contributed by atoms with Crippen LogP contribution in [-0.4, -0.2) is 35.1 Å². The zero-order valence-corrected chi connectivity index (χ0v) is 11.9. The molecule has 0 aromatic rings. The van der Waals surface area contributed by atoms with E-state index in [-0.39, 0.29) is 11.4 Å². The van der Waals surface area contributed by atoms with Gasteiger partial charge in [0.1, 0.15) is 6.04 Å². The molecule has 18 heavy (non-hydrogen) atoms. The lowest BCUT2D eigenvalue weighted by molar-refractivity contribution is -0.142. The highest BCUT2D eigenvalue weighted by Crippen LogP contribution is 2.02. The van der Waals surface area contributed by atoms with Gasteiger partial charge in [0.15, 0.2) is 0 Å². The number of unbranched alkanes of at least 4 members (excludes halogenated alkanes) is 1. The van der Waals surface area contributed by atoms with Gasteiger partial charge < -0.3 is 15.7 Å². The lowest BCUT2D eigenvalue weighted by atomic mass is 10.1. The van der Waals surface area contributed by atoms with Gasteiger partial charge in [0.2, 0.25) is 5.91 Å². The minimum absolute atomic E-state index is 0.0330. The van der Waals surface area contributed by atoms with Crippen molar-refractivity contribution in [1.82, 2.24) is 10.6 Å². The molecule has 0 fully saturated rings. The van der Waals surface area contributed by atoms with Crippen molar-refractivity contribution < 1.29 is 14.7 Å². The molecule has 0 aromatic heterocycles. The van der Waals surface area contributed by atoms with Crippen molar-refractivity contribution >= 4 is 11.9 Å². The molecule has 0 saturated heterocycles. The topological polar surface area (TPSA) is 78.4 Å². The molecule has 0 spiro atoms. The molecular weight excluding hydrogens is 232 g/mol. The molecule has 3 N–H and O–H groups in total. The third kappa shape index (κ3) is 8.98. The van der Waals surface area contributed by atoms with Crippen LogP contribution in [0.2, 0.25) is 0 Å². The number of carboxylic acid groups (broad SMARTS) is 1. The van der Waals surface area contributed by atoms with Crippen LogP contribution >= 0.6 is 0 Å². The maximum Gasteiger partial charge on any atom is 0.326 e. The summed E-state index contributed by atoms with van der Waals surface area (Å²) in [6.45, 7) is 8.61. The Bertz CT molecular complexity index is 272. The Labute approximate surface area is 109 Å². The maximum atomic E-state index is 11.6. The second-order valence-electron chi connectivity index (χ2n) is 5.53. The van der Waals surface area contributed by atoms with E-state index in [0.717, 1.165) is 12.8 Å². The van der Waals surface area contributed by atoms with Gasteiger partial charge in [-0.25, -0.2) is 4.79 Å². The van der Waals surface area contributed by atoms with Crippen molar-refractivity contribution in [2.24, 2.45) is 0 Å². The predicted molar refractivity (Wildman–Crippen MR) is 71.5 cm³/mol. The number of amides is 1. The average Bonchev–Trinajstić information content (AvgIpc) is 2.21. The van der Waals surface area contributed by atoms with Crippen LogP contribution in [0.15, 0.2) is 0 Å². The number of hydrogen-bond donors (Lipinski definition) is 3. The minimum Gasteiger partial charge on any atom is -0.480 e. The van der Waals surface area contributed by atoms with Crippen LogP contribution in [0.25, 0.3) is 0 Å². The van der Waals surface area contributed by atoms with Crippen LogP contribution in [0.1, 0.15) is 53.4 Å². The van der Waals surface area contributed by atoms with Gasteiger partial charge in [0.05, 0.1) is 0 Å². The highest BCUT2D eigenvalue weighted by atomic mass is 16.4. The summed E-state index contributed by atoms with van der Waals surface area (Å²) in [6, 6.07) is -0.757. The summed E-state index contributed by atoms with van der Waals surface area (Å²) in [5.41, 5.74) is -0.0330. The Balaban J connectivity index is 3.99. The summed E-state index contributed by atoms with van der Waals surface area (Å²) in [4.78, 5) is 22.5. The van der Waals surface area contributed by atoms with E-state index in [1.165, 1.54) is 0 Å². The standard InChI is InChI=1S/C13H26N2O3/c1-5-6-7-10(12(17)18)15-11(16)8-9-14-13(2,3)4/h10,14H,5-9H2,1-4H3,(H,15,16)(H,17,18)/t10-/m0/s1. The van der Waals surface area contributed by atoms with E-state index in [2.05, 4.69) is 10.6 Å². The Kier molecular flexibility index (Phi) is 7.59. The number of aliphatic carboxylic acids is 1. The summed E-state index contributed by atoms with van der Waals surface area (Å²) in [5.74, 6) is -1.17. The largest absolute Gasteiger partial charge is 0.480 e. The van der Waals surface area contributed by atoms with E-state index in [0.29, 0.717) is 19.4 Å². The Morgan fingerprint density at radius 3 is 2.33 bits per heavy atom. The number of nitrogens with one attached hydrogen (secondary N) is 2.